The van der Waals surface area contributed by atoms with Crippen molar-refractivity contribution < 1.29 is 23.1 Å². The van der Waals surface area contributed by atoms with Gasteiger partial charge in [-0.3, -0.25) is 4.79 Å². The maximum atomic E-state index is 12.8. The van der Waals surface area contributed by atoms with E-state index in [9.17, 15) is 23.1 Å². The van der Waals surface area contributed by atoms with E-state index in [4.69, 9.17) is 0 Å². The molecule has 144 valence electrons. The average molecular weight is 370 g/mol. The molecule has 0 aliphatic carbocycles. The number of carbonyl (C=O) groups excluding carboxylic acids is 1. The number of aliphatic hydroxyl groups excluding tert-OH is 1. The van der Waals surface area contributed by atoms with Gasteiger partial charge >= 0.3 is 6.18 Å². The molecule has 2 fully saturated rings. The number of nitrogens with zero attached hydrogens (tertiary/aromatic N) is 2. The Labute approximate surface area is 151 Å². The van der Waals surface area contributed by atoms with Gasteiger partial charge in [0.2, 0.25) is 0 Å². The molecule has 26 heavy (non-hydrogen) atoms. The number of hydrogen-bond donors (Lipinski definition) is 1. The molecule has 1 spiro atoms. The Morgan fingerprint density at radius 2 is 1.92 bits per heavy atom. The van der Waals surface area contributed by atoms with Crippen LogP contribution in [0.3, 0.4) is 0 Å². The first kappa shape index (κ1) is 19.2. The van der Waals surface area contributed by atoms with Crippen LogP contribution in [0.25, 0.3) is 0 Å². The Balaban J connectivity index is 1.69. The third-order valence-electron chi connectivity index (χ3n) is 5.59. The van der Waals surface area contributed by atoms with Gasteiger partial charge in [0.25, 0.3) is 5.91 Å². The second-order valence-corrected chi connectivity index (χ2v) is 7.50. The van der Waals surface area contributed by atoms with Crippen LogP contribution < -0.4 is 0 Å². The maximum absolute atomic E-state index is 12.8. The Hall–Kier alpha value is -1.60. The fourth-order valence-electron chi connectivity index (χ4n) is 4.21. The third-order valence-corrected chi connectivity index (χ3v) is 5.59. The summed E-state index contributed by atoms with van der Waals surface area (Å²) in [6, 6.07) is 8.98. The molecule has 2 aliphatic rings. The van der Waals surface area contributed by atoms with Crippen LogP contribution in [0.1, 0.15) is 36.0 Å². The first-order valence-corrected chi connectivity index (χ1v) is 9.11. The molecule has 2 saturated heterocycles. The van der Waals surface area contributed by atoms with Gasteiger partial charge in [-0.15, -0.1) is 0 Å². The van der Waals surface area contributed by atoms with E-state index in [-0.39, 0.29) is 12.5 Å². The topological polar surface area (TPSA) is 43.8 Å². The summed E-state index contributed by atoms with van der Waals surface area (Å²) < 4.78 is 37.6. The highest BCUT2D eigenvalue weighted by atomic mass is 19.4. The van der Waals surface area contributed by atoms with Gasteiger partial charge in [0, 0.05) is 43.7 Å². The number of likely N-dealkylation sites (tertiary alicyclic amines) is 2. The van der Waals surface area contributed by atoms with Crippen molar-refractivity contribution in [3.63, 3.8) is 0 Å². The van der Waals surface area contributed by atoms with E-state index in [1.807, 2.05) is 6.07 Å². The monoisotopic (exact) mass is 370 g/mol. The number of rotatable bonds is 3. The number of amides is 1. The van der Waals surface area contributed by atoms with Crippen LogP contribution in [-0.2, 0) is 0 Å². The second-order valence-electron chi connectivity index (χ2n) is 7.50. The van der Waals surface area contributed by atoms with Crippen molar-refractivity contribution in [1.29, 1.82) is 0 Å². The Bertz CT molecular complexity index is 623. The van der Waals surface area contributed by atoms with E-state index in [0.717, 1.165) is 12.8 Å². The first-order chi connectivity index (χ1) is 12.3. The zero-order chi connectivity index (χ0) is 18.8. The van der Waals surface area contributed by atoms with Gasteiger partial charge in [0.1, 0.15) is 0 Å². The highest BCUT2D eigenvalue weighted by Crippen LogP contribution is 2.39. The maximum Gasteiger partial charge on any atom is 0.390 e. The smallest absolute Gasteiger partial charge is 0.390 e. The molecule has 1 amide bonds. The van der Waals surface area contributed by atoms with Crippen LogP contribution in [0, 0.1) is 5.41 Å². The number of hydrogen-bond acceptors (Lipinski definition) is 3. The molecule has 0 radical (unpaired) electrons. The molecule has 2 atom stereocenters. The van der Waals surface area contributed by atoms with E-state index in [1.54, 1.807) is 34.1 Å². The van der Waals surface area contributed by atoms with Crippen LogP contribution in [0.4, 0.5) is 13.2 Å². The quantitative estimate of drug-likeness (QED) is 0.890. The highest BCUT2D eigenvalue weighted by Gasteiger charge is 2.46. The average Bonchev–Trinajstić information content (AvgIpc) is 2.62. The number of halogens is 3. The lowest BCUT2D eigenvalue weighted by atomic mass is 9.71. The SMILES string of the molecule is O=C(c1ccccc1)N1CCC[C@@]2(CN(CCC(F)(F)F)CC[C@H]2O)C1. The number of benzene rings is 1. The third kappa shape index (κ3) is 4.38. The largest absolute Gasteiger partial charge is 0.392 e. The molecule has 1 N–H and O–H groups in total. The van der Waals surface area contributed by atoms with E-state index in [0.29, 0.717) is 38.2 Å². The van der Waals surface area contributed by atoms with Gasteiger partial charge in [0.05, 0.1) is 12.5 Å². The van der Waals surface area contributed by atoms with Crippen LogP contribution in [-0.4, -0.2) is 65.8 Å². The lowest BCUT2D eigenvalue weighted by Crippen LogP contribution is -2.60. The Morgan fingerprint density at radius 1 is 1.19 bits per heavy atom. The Kier molecular flexibility index (Phi) is 5.58. The van der Waals surface area contributed by atoms with E-state index in [1.165, 1.54) is 0 Å². The summed E-state index contributed by atoms with van der Waals surface area (Å²) in [5.74, 6) is -0.0794. The molecular formula is C19H25F3N2O2. The summed E-state index contributed by atoms with van der Waals surface area (Å²) in [4.78, 5) is 16.3. The molecule has 1 aromatic rings. The zero-order valence-electron chi connectivity index (χ0n) is 14.7. The fourth-order valence-corrected chi connectivity index (χ4v) is 4.21. The fraction of sp³-hybridized carbons (Fsp3) is 0.632. The van der Waals surface area contributed by atoms with Crippen molar-refractivity contribution >= 4 is 5.91 Å². The van der Waals surface area contributed by atoms with Crippen molar-refractivity contribution in [3.8, 4) is 0 Å². The molecule has 0 aromatic heterocycles. The molecule has 4 nitrogen and oxygen atoms in total. The van der Waals surface area contributed by atoms with Crippen molar-refractivity contribution in [2.24, 2.45) is 5.41 Å². The summed E-state index contributed by atoms with van der Waals surface area (Å²) in [7, 11) is 0. The van der Waals surface area contributed by atoms with Crippen molar-refractivity contribution in [1.82, 2.24) is 9.80 Å². The van der Waals surface area contributed by atoms with Gasteiger partial charge in [-0.25, -0.2) is 0 Å². The molecule has 2 heterocycles. The zero-order valence-corrected chi connectivity index (χ0v) is 14.7. The first-order valence-electron chi connectivity index (χ1n) is 9.11. The van der Waals surface area contributed by atoms with Crippen LogP contribution in [0.15, 0.2) is 30.3 Å². The number of carbonyl (C=O) groups is 1. The number of alkyl halides is 3. The predicted molar refractivity (Wildman–Crippen MR) is 91.7 cm³/mol. The minimum absolute atomic E-state index is 0.0510. The lowest BCUT2D eigenvalue weighted by molar-refractivity contribution is -0.144. The molecule has 0 bridgehead atoms. The van der Waals surface area contributed by atoms with Gasteiger partial charge in [-0.05, 0) is 31.4 Å². The number of piperidine rings is 2. The molecule has 0 saturated carbocycles. The molecule has 7 heteroatoms. The lowest BCUT2D eigenvalue weighted by Gasteiger charge is -2.51. The van der Waals surface area contributed by atoms with Crippen LogP contribution in [0.2, 0.25) is 0 Å². The van der Waals surface area contributed by atoms with Crippen molar-refractivity contribution in [2.75, 3.05) is 32.7 Å². The molecular weight excluding hydrogens is 345 g/mol. The molecule has 1 aromatic carbocycles. The molecule has 3 rings (SSSR count). The van der Waals surface area contributed by atoms with Crippen LogP contribution in [0.5, 0.6) is 0 Å². The van der Waals surface area contributed by atoms with Crippen molar-refractivity contribution in [2.45, 2.75) is 38.0 Å². The summed E-state index contributed by atoms with van der Waals surface area (Å²) in [5, 5.41) is 10.6. The van der Waals surface area contributed by atoms with Crippen LogP contribution >= 0.6 is 0 Å². The summed E-state index contributed by atoms with van der Waals surface area (Å²) >= 11 is 0. The molecule has 2 aliphatic heterocycles. The van der Waals surface area contributed by atoms with Gasteiger partial charge < -0.3 is 14.9 Å². The minimum atomic E-state index is -4.18. The molecule has 0 unspecified atom stereocenters. The standard InChI is InChI=1S/C19H25F3N2O2/c20-19(21,22)9-12-23-11-7-16(25)18(13-23)8-4-10-24(14-18)17(26)15-5-2-1-3-6-15/h1-3,5-6,16,25H,4,7-14H2/t16-,18-/m1/s1. The van der Waals surface area contributed by atoms with Gasteiger partial charge in [0.15, 0.2) is 0 Å². The van der Waals surface area contributed by atoms with Gasteiger partial charge in [-0.1, -0.05) is 18.2 Å². The highest BCUT2D eigenvalue weighted by molar-refractivity contribution is 5.94. The van der Waals surface area contributed by atoms with Crippen molar-refractivity contribution in [3.05, 3.63) is 35.9 Å². The van der Waals surface area contributed by atoms with E-state index < -0.39 is 24.1 Å². The summed E-state index contributed by atoms with van der Waals surface area (Å²) in [6.45, 7) is 1.83. The normalized spacial score (nSPS) is 27.7. The van der Waals surface area contributed by atoms with Gasteiger partial charge in [-0.2, -0.15) is 13.2 Å². The summed E-state index contributed by atoms with van der Waals surface area (Å²) in [5.41, 5.74) is 0.0655. The second kappa shape index (κ2) is 7.56. The van der Waals surface area contributed by atoms with E-state index >= 15 is 0 Å². The number of aliphatic hydroxyl groups is 1. The van der Waals surface area contributed by atoms with E-state index in [2.05, 4.69) is 0 Å². The predicted octanol–water partition coefficient (Wildman–Crippen LogP) is 2.93. The minimum Gasteiger partial charge on any atom is -0.392 e. The Morgan fingerprint density at radius 3 is 2.62 bits per heavy atom. The summed E-state index contributed by atoms with van der Waals surface area (Å²) in [6.07, 6.45) is -3.67.